The van der Waals surface area contributed by atoms with Crippen LogP contribution in [0.4, 0.5) is 4.79 Å². The maximum absolute atomic E-state index is 11.3. The summed E-state index contributed by atoms with van der Waals surface area (Å²) in [6.07, 6.45) is 0.467. The van der Waals surface area contributed by atoms with Crippen LogP contribution in [0, 0.1) is 0 Å². The number of nitrogens with one attached hydrogen (secondary N) is 2. The number of carbonyl (C=O) groups is 2. The number of ether oxygens (including phenoxy) is 1. The van der Waals surface area contributed by atoms with E-state index in [0.29, 0.717) is 6.42 Å². The molecule has 0 saturated carbocycles. The molecule has 1 aromatic carbocycles. The maximum atomic E-state index is 11.3. The molecule has 1 unspecified atom stereocenters. The highest BCUT2D eigenvalue weighted by Crippen LogP contribution is 2.14. The van der Waals surface area contributed by atoms with Crippen LogP contribution in [0.1, 0.15) is 5.56 Å². The Morgan fingerprint density at radius 1 is 1.38 bits per heavy atom. The molecule has 1 aromatic rings. The predicted molar refractivity (Wildman–Crippen MR) is 57.2 cm³/mol. The molecule has 84 valence electrons. The summed E-state index contributed by atoms with van der Waals surface area (Å²) in [4.78, 5) is 22.2. The summed E-state index contributed by atoms with van der Waals surface area (Å²) in [6, 6.07) is 6.50. The maximum Gasteiger partial charge on any atom is 0.322 e. The van der Waals surface area contributed by atoms with E-state index in [0.717, 1.165) is 11.3 Å². The summed E-state index contributed by atoms with van der Waals surface area (Å²) in [5.74, 6) is 0.454. The van der Waals surface area contributed by atoms with E-state index in [2.05, 4.69) is 10.6 Å². The summed E-state index contributed by atoms with van der Waals surface area (Å²) < 4.78 is 5.08. The zero-order valence-corrected chi connectivity index (χ0v) is 8.82. The van der Waals surface area contributed by atoms with Crippen LogP contribution in [0.3, 0.4) is 0 Å². The van der Waals surface area contributed by atoms with Crippen LogP contribution in [0.5, 0.6) is 5.75 Å². The Kier molecular flexibility index (Phi) is 2.76. The fourth-order valence-corrected chi connectivity index (χ4v) is 1.64. The van der Waals surface area contributed by atoms with Crippen molar-refractivity contribution < 1.29 is 14.3 Å². The summed E-state index contributed by atoms with van der Waals surface area (Å²) in [6.45, 7) is 0. The minimum Gasteiger partial charge on any atom is -0.497 e. The smallest absolute Gasteiger partial charge is 0.322 e. The summed E-state index contributed by atoms with van der Waals surface area (Å²) >= 11 is 0. The van der Waals surface area contributed by atoms with Crippen LogP contribution in [-0.2, 0) is 11.2 Å². The van der Waals surface area contributed by atoms with Crippen molar-refractivity contribution in [1.82, 2.24) is 10.6 Å². The lowest BCUT2D eigenvalue weighted by Gasteiger charge is -2.08. The number of benzene rings is 1. The lowest BCUT2D eigenvalue weighted by molar-refractivity contribution is -0.120. The first kappa shape index (κ1) is 10.5. The van der Waals surface area contributed by atoms with Gasteiger partial charge in [0.25, 0.3) is 5.91 Å². The van der Waals surface area contributed by atoms with E-state index in [1.54, 1.807) is 7.11 Å². The fourth-order valence-electron chi connectivity index (χ4n) is 1.64. The van der Waals surface area contributed by atoms with E-state index < -0.39 is 12.1 Å². The van der Waals surface area contributed by atoms with Crippen molar-refractivity contribution in [3.63, 3.8) is 0 Å². The Morgan fingerprint density at radius 3 is 2.81 bits per heavy atom. The van der Waals surface area contributed by atoms with Crippen LogP contribution in [0.15, 0.2) is 24.3 Å². The number of rotatable bonds is 3. The monoisotopic (exact) mass is 220 g/mol. The van der Waals surface area contributed by atoms with Gasteiger partial charge in [0.2, 0.25) is 0 Å². The van der Waals surface area contributed by atoms with E-state index in [9.17, 15) is 9.59 Å². The Hall–Kier alpha value is -2.04. The van der Waals surface area contributed by atoms with Crippen LogP contribution < -0.4 is 15.4 Å². The highest BCUT2D eigenvalue weighted by atomic mass is 16.5. The van der Waals surface area contributed by atoms with Crippen LogP contribution in [0.25, 0.3) is 0 Å². The van der Waals surface area contributed by atoms with Gasteiger partial charge in [-0.2, -0.15) is 0 Å². The molecule has 0 aliphatic carbocycles. The first-order chi connectivity index (χ1) is 7.69. The molecular weight excluding hydrogens is 208 g/mol. The van der Waals surface area contributed by atoms with Crippen molar-refractivity contribution in [2.24, 2.45) is 0 Å². The lowest BCUT2D eigenvalue weighted by Crippen LogP contribution is -2.31. The van der Waals surface area contributed by atoms with Crippen LogP contribution in [0.2, 0.25) is 0 Å². The molecule has 0 radical (unpaired) electrons. The van der Waals surface area contributed by atoms with Gasteiger partial charge in [-0.15, -0.1) is 0 Å². The molecule has 1 aliphatic heterocycles. The molecule has 16 heavy (non-hydrogen) atoms. The van der Waals surface area contributed by atoms with Gasteiger partial charge in [-0.25, -0.2) is 4.79 Å². The van der Waals surface area contributed by atoms with Crippen molar-refractivity contribution in [3.05, 3.63) is 29.8 Å². The lowest BCUT2D eigenvalue weighted by atomic mass is 10.1. The van der Waals surface area contributed by atoms with Gasteiger partial charge in [-0.1, -0.05) is 12.1 Å². The quantitative estimate of drug-likeness (QED) is 0.726. The minimum atomic E-state index is -0.486. The highest BCUT2D eigenvalue weighted by Gasteiger charge is 2.29. The van der Waals surface area contributed by atoms with Crippen molar-refractivity contribution in [2.45, 2.75) is 12.5 Å². The van der Waals surface area contributed by atoms with Gasteiger partial charge < -0.3 is 10.1 Å². The second kappa shape index (κ2) is 4.22. The second-order valence-electron chi connectivity index (χ2n) is 3.57. The zero-order valence-electron chi connectivity index (χ0n) is 8.82. The molecule has 1 saturated heterocycles. The average molecular weight is 220 g/mol. The number of hydrogen-bond acceptors (Lipinski definition) is 3. The van der Waals surface area contributed by atoms with Crippen molar-refractivity contribution >= 4 is 11.9 Å². The van der Waals surface area contributed by atoms with Gasteiger partial charge in [-0.05, 0) is 17.7 Å². The summed E-state index contributed by atoms with van der Waals surface area (Å²) in [5.41, 5.74) is 0.946. The number of hydrogen-bond donors (Lipinski definition) is 2. The van der Waals surface area contributed by atoms with E-state index >= 15 is 0 Å². The largest absolute Gasteiger partial charge is 0.497 e. The predicted octanol–water partition coefficient (Wildman–Crippen LogP) is 0.446. The molecule has 5 nitrogen and oxygen atoms in total. The van der Waals surface area contributed by atoms with Gasteiger partial charge in [0, 0.05) is 6.42 Å². The van der Waals surface area contributed by atoms with Gasteiger partial charge in [0.15, 0.2) is 0 Å². The number of methoxy groups -OCH3 is 1. The summed E-state index contributed by atoms with van der Waals surface area (Å²) in [7, 11) is 1.59. The average Bonchev–Trinajstić information content (AvgIpc) is 2.58. The highest BCUT2D eigenvalue weighted by molar-refractivity contribution is 6.04. The molecule has 0 spiro atoms. The molecule has 1 fully saturated rings. The Morgan fingerprint density at radius 2 is 2.19 bits per heavy atom. The van der Waals surface area contributed by atoms with Crippen molar-refractivity contribution in [2.75, 3.05) is 7.11 Å². The van der Waals surface area contributed by atoms with Crippen molar-refractivity contribution in [1.29, 1.82) is 0 Å². The molecule has 2 N–H and O–H groups in total. The van der Waals surface area contributed by atoms with Gasteiger partial charge in [-0.3, -0.25) is 10.1 Å². The van der Waals surface area contributed by atoms with Crippen LogP contribution in [-0.4, -0.2) is 25.1 Å². The Bertz CT molecular complexity index is 431. The molecule has 5 heteroatoms. The minimum absolute atomic E-state index is 0.284. The molecule has 1 heterocycles. The molecule has 0 bridgehead atoms. The second-order valence-corrected chi connectivity index (χ2v) is 3.57. The number of imide groups is 1. The van der Waals surface area contributed by atoms with E-state index in [1.165, 1.54) is 0 Å². The molecule has 3 amide bonds. The molecule has 2 rings (SSSR count). The SMILES string of the molecule is COc1cccc(CC2NC(=O)NC2=O)c1. The third-order valence-electron chi connectivity index (χ3n) is 2.43. The number of urea groups is 1. The van der Waals surface area contributed by atoms with Gasteiger partial charge in [0.1, 0.15) is 11.8 Å². The fraction of sp³-hybridized carbons (Fsp3) is 0.273. The molecular formula is C11H12N2O3. The first-order valence-electron chi connectivity index (χ1n) is 4.93. The van der Waals surface area contributed by atoms with Crippen molar-refractivity contribution in [3.8, 4) is 5.75 Å². The van der Waals surface area contributed by atoms with Gasteiger partial charge >= 0.3 is 6.03 Å². The van der Waals surface area contributed by atoms with E-state index in [1.807, 2.05) is 24.3 Å². The number of carbonyl (C=O) groups excluding carboxylic acids is 2. The molecule has 1 aliphatic rings. The molecule has 0 aromatic heterocycles. The third kappa shape index (κ3) is 2.13. The topological polar surface area (TPSA) is 67.4 Å². The number of amides is 3. The zero-order chi connectivity index (χ0) is 11.5. The Balaban J connectivity index is 2.09. The third-order valence-corrected chi connectivity index (χ3v) is 2.43. The standard InChI is InChI=1S/C11H12N2O3/c1-16-8-4-2-3-7(5-8)6-9-10(14)13-11(15)12-9/h2-5,9H,6H2,1H3,(H2,12,13,14,15). The normalized spacial score (nSPS) is 19.2. The first-order valence-corrected chi connectivity index (χ1v) is 4.93. The van der Waals surface area contributed by atoms with Gasteiger partial charge in [0.05, 0.1) is 7.11 Å². The Labute approximate surface area is 92.8 Å². The summed E-state index contributed by atoms with van der Waals surface area (Å²) in [5, 5.41) is 4.74. The van der Waals surface area contributed by atoms with E-state index in [-0.39, 0.29) is 5.91 Å². The van der Waals surface area contributed by atoms with E-state index in [4.69, 9.17) is 4.74 Å². The van der Waals surface area contributed by atoms with Crippen LogP contribution >= 0.6 is 0 Å². The molecule has 1 atom stereocenters.